The molecule has 7 nitrogen and oxygen atoms in total. The number of allylic oxidation sites excluding steroid dienone is 1. The monoisotopic (exact) mass is 390 g/mol. The van der Waals surface area contributed by atoms with Crippen molar-refractivity contribution in [2.24, 2.45) is 5.92 Å². The average molecular weight is 390 g/mol. The van der Waals surface area contributed by atoms with Crippen molar-refractivity contribution in [3.05, 3.63) is 35.2 Å². The van der Waals surface area contributed by atoms with Crippen LogP contribution in [0.5, 0.6) is 0 Å². The first kappa shape index (κ1) is 20.3. The van der Waals surface area contributed by atoms with E-state index in [1.165, 1.54) is 13.8 Å². The molecule has 0 saturated carbocycles. The van der Waals surface area contributed by atoms with Gasteiger partial charge in [0.2, 0.25) is 5.60 Å². The van der Waals surface area contributed by atoms with Crippen molar-refractivity contribution < 1.29 is 33.1 Å². The molecule has 0 radical (unpaired) electrons. The van der Waals surface area contributed by atoms with Gasteiger partial charge in [0, 0.05) is 30.9 Å². The first-order chi connectivity index (χ1) is 13.1. The smallest absolute Gasteiger partial charge is 0.350 e. The van der Waals surface area contributed by atoms with Gasteiger partial charge in [0.15, 0.2) is 11.8 Å². The number of likely N-dealkylation sites (N-methyl/N-ethyl adjacent to an activating group) is 1. The summed E-state index contributed by atoms with van der Waals surface area (Å²) in [5.74, 6) is -2.06. The molecule has 0 aliphatic carbocycles. The summed E-state index contributed by atoms with van der Waals surface area (Å²) < 4.78 is 17.4. The molecular weight excluding hydrogens is 362 g/mol. The quantitative estimate of drug-likeness (QED) is 0.296. The molecule has 3 heterocycles. The van der Waals surface area contributed by atoms with Gasteiger partial charge < -0.3 is 14.2 Å². The van der Waals surface area contributed by atoms with E-state index in [0.717, 1.165) is 24.2 Å². The Kier molecular flexibility index (Phi) is 5.23. The second-order valence-electron chi connectivity index (χ2n) is 8.10. The summed E-state index contributed by atoms with van der Waals surface area (Å²) in [5.41, 5.74) is 0.722. The lowest BCUT2D eigenvalue weighted by atomic mass is 9.85. The Morgan fingerprint density at radius 3 is 2.75 bits per heavy atom. The molecule has 4 unspecified atom stereocenters. The Morgan fingerprint density at radius 1 is 1.39 bits per heavy atom. The Bertz CT molecular complexity index is 810. The van der Waals surface area contributed by atoms with Crippen molar-refractivity contribution >= 4 is 17.9 Å². The lowest BCUT2D eigenvalue weighted by molar-refractivity contribution is -0.808. The fourth-order valence-electron chi connectivity index (χ4n) is 4.22. The van der Waals surface area contributed by atoms with Crippen molar-refractivity contribution in [3.8, 4) is 0 Å². The molecule has 0 bridgehead atoms. The molecule has 0 spiro atoms. The topological polar surface area (TPSA) is 78.9 Å². The highest BCUT2D eigenvalue weighted by Crippen LogP contribution is 2.40. The maximum atomic E-state index is 12.9. The van der Waals surface area contributed by atoms with E-state index in [2.05, 4.69) is 0 Å². The predicted molar refractivity (Wildman–Crippen MR) is 100 cm³/mol. The van der Waals surface area contributed by atoms with Crippen molar-refractivity contribution in [1.29, 1.82) is 0 Å². The van der Waals surface area contributed by atoms with Gasteiger partial charge in [0.05, 0.1) is 19.2 Å². The van der Waals surface area contributed by atoms with Crippen molar-refractivity contribution in [2.45, 2.75) is 52.2 Å². The number of carbonyl (C=O) groups is 3. The van der Waals surface area contributed by atoms with Crippen LogP contribution in [0, 0.1) is 5.92 Å². The fourth-order valence-corrected chi connectivity index (χ4v) is 4.22. The van der Waals surface area contributed by atoms with Crippen LogP contribution in [0.4, 0.5) is 0 Å². The lowest BCUT2D eigenvalue weighted by Gasteiger charge is -2.33. The van der Waals surface area contributed by atoms with Gasteiger partial charge in [-0.15, -0.1) is 0 Å². The number of ether oxygens (including phenoxy) is 3. The third-order valence-corrected chi connectivity index (χ3v) is 6.09. The zero-order valence-corrected chi connectivity index (χ0v) is 17.1. The van der Waals surface area contributed by atoms with E-state index in [0.29, 0.717) is 10.1 Å². The zero-order valence-electron chi connectivity index (χ0n) is 17.1. The predicted octanol–water partition coefficient (Wildman–Crippen LogP) is 2.38. The molecule has 1 fully saturated rings. The van der Waals surface area contributed by atoms with Crippen molar-refractivity contribution in [1.82, 2.24) is 0 Å². The van der Waals surface area contributed by atoms with Crippen LogP contribution in [0.3, 0.4) is 0 Å². The van der Waals surface area contributed by atoms with E-state index in [-0.39, 0.29) is 19.1 Å². The van der Waals surface area contributed by atoms with Crippen molar-refractivity contribution in [3.63, 3.8) is 0 Å². The van der Waals surface area contributed by atoms with Crippen LogP contribution in [-0.2, 0) is 28.6 Å². The van der Waals surface area contributed by atoms with E-state index < -0.39 is 29.4 Å². The van der Waals surface area contributed by atoms with Gasteiger partial charge in [-0.25, -0.2) is 9.59 Å². The summed E-state index contributed by atoms with van der Waals surface area (Å²) in [6.45, 7) is 7.17. The van der Waals surface area contributed by atoms with E-state index in [1.807, 2.05) is 19.3 Å². The molecule has 28 heavy (non-hydrogen) atoms. The first-order valence-electron chi connectivity index (χ1n) is 9.61. The summed E-state index contributed by atoms with van der Waals surface area (Å²) in [5, 5.41) is 0. The number of cyclic esters (lactones) is 1. The highest BCUT2D eigenvalue weighted by Gasteiger charge is 2.49. The zero-order chi connectivity index (χ0) is 20.7. The van der Waals surface area contributed by atoms with Crippen LogP contribution in [-0.4, -0.2) is 54.3 Å². The Hall–Kier alpha value is -2.41. The van der Waals surface area contributed by atoms with Crippen LogP contribution in [0.25, 0.3) is 0 Å². The van der Waals surface area contributed by atoms with Gasteiger partial charge in [0.25, 0.3) is 0 Å². The van der Waals surface area contributed by atoms with Crippen LogP contribution in [0.2, 0.25) is 0 Å². The second-order valence-corrected chi connectivity index (χ2v) is 8.10. The number of hydrogen-bond acceptors (Lipinski definition) is 6. The summed E-state index contributed by atoms with van der Waals surface area (Å²) in [4.78, 5) is 37.4. The number of hydrogen-bond donors (Lipinski definition) is 0. The molecule has 0 amide bonds. The highest BCUT2D eigenvalue weighted by molar-refractivity contribution is 5.89. The third kappa shape index (κ3) is 3.39. The maximum absolute atomic E-state index is 12.9. The largest absolute Gasteiger partial charge is 0.458 e. The van der Waals surface area contributed by atoms with E-state index >= 15 is 0 Å². The van der Waals surface area contributed by atoms with Crippen LogP contribution in [0.15, 0.2) is 35.2 Å². The molecule has 3 aliphatic heterocycles. The minimum Gasteiger partial charge on any atom is -0.458 e. The Labute approximate surface area is 165 Å². The molecule has 0 aromatic carbocycles. The SMILES string of the molecule is C/C=C1/CC(C)C(C)(OC(C)=O)C(=O)OCC2=C3C(CC[N+]3(C)C=C2)OC1=O. The molecule has 0 aromatic heterocycles. The molecule has 7 heteroatoms. The van der Waals surface area contributed by atoms with E-state index in [1.54, 1.807) is 19.9 Å². The minimum absolute atomic E-state index is 0.0482. The number of quaternary nitrogens is 1. The van der Waals surface area contributed by atoms with Crippen LogP contribution in [0.1, 0.15) is 40.5 Å². The lowest BCUT2D eigenvalue weighted by Crippen LogP contribution is -2.47. The van der Waals surface area contributed by atoms with Crippen LogP contribution >= 0.6 is 0 Å². The van der Waals surface area contributed by atoms with Gasteiger partial charge in [-0.2, -0.15) is 0 Å². The van der Waals surface area contributed by atoms with Gasteiger partial charge in [-0.1, -0.05) is 13.0 Å². The van der Waals surface area contributed by atoms with Crippen molar-refractivity contribution in [2.75, 3.05) is 20.2 Å². The summed E-state index contributed by atoms with van der Waals surface area (Å²) in [7, 11) is 2.04. The molecule has 0 aromatic rings. The number of carbonyl (C=O) groups excluding carboxylic acids is 3. The number of esters is 3. The first-order valence-corrected chi connectivity index (χ1v) is 9.61. The molecule has 1 saturated heterocycles. The highest BCUT2D eigenvalue weighted by atomic mass is 16.6. The third-order valence-electron chi connectivity index (χ3n) is 6.09. The standard InChI is InChI=1S/C21H28NO6/c1-6-15-11-13(2)21(4,28-14(3)23)20(25)26-12-16-7-9-22(5)10-8-17(18(16)22)27-19(15)24/h6-7,9,13,17H,8,10-12H2,1-5H3/q+1/b15-6-. The Morgan fingerprint density at radius 2 is 2.11 bits per heavy atom. The van der Waals surface area contributed by atoms with E-state index in [4.69, 9.17) is 14.2 Å². The van der Waals surface area contributed by atoms with Gasteiger partial charge in [-0.3, -0.25) is 9.28 Å². The summed E-state index contributed by atoms with van der Waals surface area (Å²) >= 11 is 0. The molecule has 4 atom stereocenters. The number of rotatable bonds is 1. The average Bonchev–Trinajstić information content (AvgIpc) is 3.11. The fraction of sp³-hybridized carbons (Fsp3) is 0.571. The normalized spacial score (nSPS) is 37.1. The molecule has 152 valence electrons. The summed E-state index contributed by atoms with van der Waals surface area (Å²) in [6, 6.07) is 0. The molecular formula is C21H28NO6+. The van der Waals surface area contributed by atoms with Crippen LogP contribution < -0.4 is 0 Å². The summed E-state index contributed by atoms with van der Waals surface area (Å²) in [6.07, 6.45) is 6.24. The van der Waals surface area contributed by atoms with Gasteiger partial charge in [0.1, 0.15) is 12.8 Å². The molecule has 3 aliphatic rings. The molecule has 3 rings (SSSR count). The van der Waals surface area contributed by atoms with Gasteiger partial charge in [-0.05, 0) is 20.3 Å². The Balaban J connectivity index is 2.02. The second kappa shape index (κ2) is 7.20. The minimum atomic E-state index is -1.50. The maximum Gasteiger partial charge on any atom is 0.350 e. The number of nitrogens with zero attached hydrogens (tertiary/aromatic N) is 1. The molecule has 0 N–H and O–H groups in total. The van der Waals surface area contributed by atoms with E-state index in [9.17, 15) is 14.4 Å². The van der Waals surface area contributed by atoms with Gasteiger partial charge >= 0.3 is 17.9 Å².